The predicted octanol–water partition coefficient (Wildman–Crippen LogP) is 3.61. The van der Waals surface area contributed by atoms with E-state index in [4.69, 9.17) is 17.3 Å². The van der Waals surface area contributed by atoms with Gasteiger partial charge in [0.2, 0.25) is 0 Å². The van der Waals surface area contributed by atoms with Crippen molar-refractivity contribution in [3.8, 4) is 0 Å². The fourth-order valence-electron chi connectivity index (χ4n) is 3.07. The second kappa shape index (κ2) is 5.94. The van der Waals surface area contributed by atoms with Crippen LogP contribution in [0.1, 0.15) is 38.7 Å². The molecular formula is C15H23ClN2. The third kappa shape index (κ3) is 2.65. The minimum atomic E-state index is 0.618. The summed E-state index contributed by atoms with van der Waals surface area (Å²) in [6, 6.07) is 7.51. The molecular weight excluding hydrogens is 244 g/mol. The lowest BCUT2D eigenvalue weighted by molar-refractivity contribution is 0.625. The highest BCUT2D eigenvalue weighted by Gasteiger charge is 2.30. The van der Waals surface area contributed by atoms with Crippen LogP contribution in [-0.4, -0.2) is 18.6 Å². The number of hydrogen-bond acceptors (Lipinski definition) is 2. The highest BCUT2D eigenvalue weighted by molar-refractivity contribution is 6.30. The van der Waals surface area contributed by atoms with Gasteiger partial charge in [0, 0.05) is 22.8 Å². The van der Waals surface area contributed by atoms with Crippen LogP contribution in [0.2, 0.25) is 5.02 Å². The van der Waals surface area contributed by atoms with E-state index >= 15 is 0 Å². The Bertz CT molecular complexity index is 405. The Morgan fingerprint density at radius 2 is 2.17 bits per heavy atom. The average Bonchev–Trinajstić information content (AvgIpc) is 2.71. The number of benzene rings is 1. The lowest BCUT2D eigenvalue weighted by atomic mass is 10.1. The van der Waals surface area contributed by atoms with Crippen LogP contribution < -0.4 is 10.6 Å². The average molecular weight is 267 g/mol. The van der Waals surface area contributed by atoms with Crippen LogP contribution in [0.25, 0.3) is 0 Å². The highest BCUT2D eigenvalue weighted by atomic mass is 35.5. The molecule has 2 rings (SSSR count). The number of nitrogens with zero attached hydrogens (tertiary/aromatic N) is 1. The van der Waals surface area contributed by atoms with Crippen molar-refractivity contribution in [3.63, 3.8) is 0 Å². The highest BCUT2D eigenvalue weighted by Crippen LogP contribution is 2.35. The smallest absolute Gasteiger partial charge is 0.0410 e. The van der Waals surface area contributed by atoms with Gasteiger partial charge in [0.15, 0.2) is 0 Å². The first kappa shape index (κ1) is 13.7. The van der Waals surface area contributed by atoms with Crippen LogP contribution in [0.3, 0.4) is 0 Å². The van der Waals surface area contributed by atoms with Crippen molar-refractivity contribution in [3.05, 3.63) is 28.8 Å². The monoisotopic (exact) mass is 266 g/mol. The van der Waals surface area contributed by atoms with Gasteiger partial charge in [0.25, 0.3) is 0 Å². The van der Waals surface area contributed by atoms with Crippen molar-refractivity contribution < 1.29 is 0 Å². The summed E-state index contributed by atoms with van der Waals surface area (Å²) in [5.74, 6) is 0. The molecule has 2 atom stereocenters. The molecule has 1 aromatic carbocycles. The second-order valence-electron chi connectivity index (χ2n) is 5.21. The van der Waals surface area contributed by atoms with Crippen LogP contribution >= 0.6 is 11.6 Å². The molecule has 0 saturated carbocycles. The molecule has 18 heavy (non-hydrogen) atoms. The van der Waals surface area contributed by atoms with Gasteiger partial charge in [-0.15, -0.1) is 0 Å². The summed E-state index contributed by atoms with van der Waals surface area (Å²) in [7, 11) is 0. The Morgan fingerprint density at radius 3 is 2.83 bits per heavy atom. The maximum absolute atomic E-state index is 6.11. The number of halogens is 1. The van der Waals surface area contributed by atoms with Crippen LogP contribution in [0.15, 0.2) is 18.2 Å². The lowest BCUT2D eigenvalue weighted by Crippen LogP contribution is -2.35. The maximum atomic E-state index is 6.11. The third-order valence-corrected chi connectivity index (χ3v) is 4.23. The molecule has 2 N–H and O–H groups in total. The third-order valence-electron chi connectivity index (χ3n) is 3.99. The largest absolute Gasteiger partial charge is 0.366 e. The standard InChI is InChI=1S/C15H23ClN2/c1-3-14-6-4-11(2)18(14)15-7-5-13(16)10-12(15)8-9-17/h5,7,10-11,14H,3-4,6,8-9,17H2,1-2H3. The van der Waals surface area contributed by atoms with Gasteiger partial charge in [0.1, 0.15) is 0 Å². The van der Waals surface area contributed by atoms with Gasteiger partial charge in [0.05, 0.1) is 0 Å². The van der Waals surface area contributed by atoms with Crippen LogP contribution in [0.4, 0.5) is 5.69 Å². The summed E-state index contributed by atoms with van der Waals surface area (Å²) in [5, 5.41) is 0.807. The summed E-state index contributed by atoms with van der Waals surface area (Å²) >= 11 is 6.11. The molecule has 0 bridgehead atoms. The van der Waals surface area contributed by atoms with E-state index in [9.17, 15) is 0 Å². The van der Waals surface area contributed by atoms with E-state index in [1.165, 1.54) is 30.5 Å². The molecule has 100 valence electrons. The molecule has 0 aliphatic carbocycles. The van der Waals surface area contributed by atoms with Crippen molar-refractivity contribution in [1.29, 1.82) is 0 Å². The van der Waals surface area contributed by atoms with Gasteiger partial charge < -0.3 is 10.6 Å². The first-order chi connectivity index (χ1) is 8.67. The van der Waals surface area contributed by atoms with Gasteiger partial charge in [-0.1, -0.05) is 18.5 Å². The molecule has 3 heteroatoms. The Hall–Kier alpha value is -0.730. The summed E-state index contributed by atoms with van der Waals surface area (Å²) in [6.45, 7) is 5.26. The first-order valence-corrected chi connectivity index (χ1v) is 7.32. The van der Waals surface area contributed by atoms with Crippen molar-refractivity contribution in [2.75, 3.05) is 11.4 Å². The van der Waals surface area contributed by atoms with Crippen LogP contribution in [0.5, 0.6) is 0 Å². The number of rotatable bonds is 4. The zero-order chi connectivity index (χ0) is 13.1. The van der Waals surface area contributed by atoms with Gasteiger partial charge in [-0.3, -0.25) is 0 Å². The molecule has 2 nitrogen and oxygen atoms in total. The van der Waals surface area contributed by atoms with E-state index in [2.05, 4.69) is 30.9 Å². The molecule has 0 amide bonds. The minimum Gasteiger partial charge on any atom is -0.366 e. The molecule has 2 unspecified atom stereocenters. The molecule has 1 heterocycles. The molecule has 1 saturated heterocycles. The lowest BCUT2D eigenvalue weighted by Gasteiger charge is -2.32. The van der Waals surface area contributed by atoms with Crippen molar-refractivity contribution in [2.45, 2.75) is 51.6 Å². The summed E-state index contributed by atoms with van der Waals surface area (Å²) in [6.07, 6.45) is 4.68. The van der Waals surface area contributed by atoms with E-state index in [1.54, 1.807) is 0 Å². The number of hydrogen-bond donors (Lipinski definition) is 1. The van der Waals surface area contributed by atoms with Gasteiger partial charge in [-0.05, 0) is 62.9 Å². The molecule has 0 aromatic heterocycles. The topological polar surface area (TPSA) is 29.3 Å². The van der Waals surface area contributed by atoms with Gasteiger partial charge >= 0.3 is 0 Å². The minimum absolute atomic E-state index is 0.618. The molecule has 1 fully saturated rings. The van der Waals surface area contributed by atoms with Gasteiger partial charge in [-0.25, -0.2) is 0 Å². The Morgan fingerprint density at radius 1 is 1.39 bits per heavy atom. The molecule has 0 radical (unpaired) electrons. The molecule has 1 aliphatic heterocycles. The quantitative estimate of drug-likeness (QED) is 0.902. The maximum Gasteiger partial charge on any atom is 0.0410 e. The number of nitrogens with two attached hydrogens (primary N) is 1. The first-order valence-electron chi connectivity index (χ1n) is 6.94. The van der Waals surface area contributed by atoms with Crippen molar-refractivity contribution in [1.82, 2.24) is 0 Å². The van der Waals surface area contributed by atoms with E-state index in [0.717, 1.165) is 11.4 Å². The van der Waals surface area contributed by atoms with Crippen molar-refractivity contribution >= 4 is 17.3 Å². The van der Waals surface area contributed by atoms with E-state index in [-0.39, 0.29) is 0 Å². The van der Waals surface area contributed by atoms with Gasteiger partial charge in [-0.2, -0.15) is 0 Å². The van der Waals surface area contributed by atoms with E-state index in [1.807, 2.05) is 6.07 Å². The summed E-state index contributed by atoms with van der Waals surface area (Å²) in [4.78, 5) is 2.57. The zero-order valence-corrected chi connectivity index (χ0v) is 12.1. The normalized spacial score (nSPS) is 23.7. The van der Waals surface area contributed by atoms with E-state index in [0.29, 0.717) is 18.6 Å². The van der Waals surface area contributed by atoms with Crippen LogP contribution in [0, 0.1) is 0 Å². The molecule has 1 aliphatic rings. The Kier molecular flexibility index (Phi) is 4.52. The number of anilines is 1. The Balaban J connectivity index is 2.36. The summed E-state index contributed by atoms with van der Waals surface area (Å²) in [5.41, 5.74) is 8.34. The fraction of sp³-hybridized carbons (Fsp3) is 0.600. The predicted molar refractivity (Wildman–Crippen MR) is 79.5 cm³/mol. The fourth-order valence-corrected chi connectivity index (χ4v) is 3.26. The molecule has 1 aromatic rings. The van der Waals surface area contributed by atoms with Crippen molar-refractivity contribution in [2.24, 2.45) is 5.73 Å². The Labute approximate surface area is 115 Å². The van der Waals surface area contributed by atoms with E-state index < -0.39 is 0 Å². The molecule has 0 spiro atoms. The second-order valence-corrected chi connectivity index (χ2v) is 5.64. The summed E-state index contributed by atoms with van der Waals surface area (Å²) < 4.78 is 0. The SMILES string of the molecule is CCC1CCC(C)N1c1ccc(Cl)cc1CCN. The zero-order valence-electron chi connectivity index (χ0n) is 11.3. The van der Waals surface area contributed by atoms with Crippen LogP contribution in [-0.2, 0) is 6.42 Å².